The number of aromatic nitrogens is 3. The molecule has 0 aliphatic carbocycles. The normalized spacial score (nSPS) is 10.9. The Morgan fingerprint density at radius 3 is 2.70 bits per heavy atom. The molecule has 2 aromatic heterocycles. The van der Waals surface area contributed by atoms with E-state index in [-0.39, 0.29) is 0 Å². The molecule has 0 saturated carbocycles. The van der Waals surface area contributed by atoms with Crippen LogP contribution in [0.5, 0.6) is 0 Å². The Morgan fingerprint density at radius 1 is 1.25 bits per heavy atom. The van der Waals surface area contributed by atoms with Crippen molar-refractivity contribution in [3.05, 3.63) is 39.4 Å². The Labute approximate surface area is 129 Å². The molecule has 0 fully saturated rings. The number of anilines is 1. The van der Waals surface area contributed by atoms with Gasteiger partial charge in [0.25, 0.3) is 0 Å². The molecule has 3 N–H and O–H groups in total. The van der Waals surface area contributed by atoms with Crippen molar-refractivity contribution in [1.29, 1.82) is 0 Å². The van der Waals surface area contributed by atoms with Gasteiger partial charge in [-0.3, -0.25) is 5.10 Å². The first kappa shape index (κ1) is 13.4. The Bertz CT molecular complexity index is 779. The summed E-state index contributed by atoms with van der Waals surface area (Å²) >= 11 is 13.6. The van der Waals surface area contributed by atoms with Gasteiger partial charge in [0.15, 0.2) is 5.82 Å². The van der Waals surface area contributed by atoms with E-state index in [4.69, 9.17) is 28.9 Å². The minimum Gasteiger partial charge on any atom is -0.382 e. The molecule has 2 heterocycles. The van der Waals surface area contributed by atoms with E-state index < -0.39 is 0 Å². The van der Waals surface area contributed by atoms with E-state index in [0.29, 0.717) is 15.9 Å². The third-order valence-electron chi connectivity index (χ3n) is 2.87. The average Bonchev–Trinajstić information content (AvgIpc) is 2.99. The van der Waals surface area contributed by atoms with Crippen LogP contribution in [0.2, 0.25) is 10.0 Å². The lowest BCUT2D eigenvalue weighted by Gasteiger charge is -2.04. The standard InChI is InChI=1S/C13H10Cl2N4S/c1-6-17-5-10(20-6)12-11(13(16)19-18-12)7-2-3-8(14)9(15)4-7/h2-5H,1H3,(H3,16,18,19). The van der Waals surface area contributed by atoms with Gasteiger partial charge >= 0.3 is 0 Å². The predicted molar refractivity (Wildman–Crippen MR) is 84.3 cm³/mol. The maximum Gasteiger partial charge on any atom is 0.153 e. The van der Waals surface area contributed by atoms with Gasteiger partial charge in [0, 0.05) is 6.20 Å². The first-order chi connectivity index (χ1) is 9.56. The van der Waals surface area contributed by atoms with Crippen LogP contribution in [0.3, 0.4) is 0 Å². The van der Waals surface area contributed by atoms with Gasteiger partial charge in [-0.15, -0.1) is 11.3 Å². The van der Waals surface area contributed by atoms with Crippen molar-refractivity contribution < 1.29 is 0 Å². The number of nitrogens with two attached hydrogens (primary N) is 1. The number of hydrogen-bond donors (Lipinski definition) is 2. The number of aryl methyl sites for hydroxylation is 1. The quantitative estimate of drug-likeness (QED) is 0.734. The van der Waals surface area contributed by atoms with Crippen molar-refractivity contribution in [2.24, 2.45) is 0 Å². The molecule has 0 bridgehead atoms. The smallest absolute Gasteiger partial charge is 0.153 e. The summed E-state index contributed by atoms with van der Waals surface area (Å²) in [6.07, 6.45) is 1.80. The number of benzene rings is 1. The van der Waals surface area contributed by atoms with E-state index in [1.165, 1.54) is 0 Å². The lowest BCUT2D eigenvalue weighted by Crippen LogP contribution is -1.88. The number of hydrogen-bond acceptors (Lipinski definition) is 4. The van der Waals surface area contributed by atoms with Crippen LogP contribution in [-0.2, 0) is 0 Å². The van der Waals surface area contributed by atoms with Crippen LogP contribution in [0, 0.1) is 6.92 Å². The van der Waals surface area contributed by atoms with Crippen molar-refractivity contribution in [2.45, 2.75) is 6.92 Å². The summed E-state index contributed by atoms with van der Waals surface area (Å²) in [5, 5.41) is 9.01. The molecule has 0 radical (unpaired) electrons. The number of nitrogens with zero attached hydrogens (tertiary/aromatic N) is 2. The second-order valence-corrected chi connectivity index (χ2v) is 6.28. The zero-order chi connectivity index (χ0) is 14.3. The van der Waals surface area contributed by atoms with Crippen molar-refractivity contribution in [1.82, 2.24) is 15.2 Å². The highest BCUT2D eigenvalue weighted by molar-refractivity contribution is 7.15. The van der Waals surface area contributed by atoms with E-state index in [1.54, 1.807) is 29.7 Å². The third-order valence-corrected chi connectivity index (χ3v) is 4.54. The summed E-state index contributed by atoms with van der Waals surface area (Å²) in [7, 11) is 0. The number of halogens is 2. The highest BCUT2D eigenvalue weighted by atomic mass is 35.5. The number of thiazole rings is 1. The molecule has 0 atom stereocenters. The van der Waals surface area contributed by atoms with Gasteiger partial charge in [0.2, 0.25) is 0 Å². The summed E-state index contributed by atoms with van der Waals surface area (Å²) in [6.45, 7) is 1.95. The minimum absolute atomic E-state index is 0.421. The third kappa shape index (κ3) is 2.28. The molecule has 4 nitrogen and oxygen atoms in total. The van der Waals surface area contributed by atoms with Gasteiger partial charge in [-0.05, 0) is 24.6 Å². The number of rotatable bonds is 2. The number of nitrogens with one attached hydrogen (secondary N) is 1. The lowest BCUT2D eigenvalue weighted by molar-refractivity contribution is 1.10. The summed E-state index contributed by atoms with van der Waals surface area (Å²) in [6, 6.07) is 5.39. The number of aromatic amines is 1. The molecule has 0 aliphatic rings. The molecule has 1 aromatic carbocycles. The van der Waals surface area contributed by atoms with Gasteiger partial charge in [-0.2, -0.15) is 5.10 Å². The van der Waals surface area contributed by atoms with E-state index in [2.05, 4.69) is 15.2 Å². The first-order valence-electron chi connectivity index (χ1n) is 5.78. The fraction of sp³-hybridized carbons (Fsp3) is 0.0769. The fourth-order valence-corrected chi connectivity index (χ4v) is 3.03. The number of H-pyrrole nitrogens is 1. The van der Waals surface area contributed by atoms with Crippen LogP contribution in [0.15, 0.2) is 24.4 Å². The second kappa shape index (κ2) is 5.09. The Hall–Kier alpha value is -1.56. The van der Waals surface area contributed by atoms with Gasteiger partial charge in [-0.25, -0.2) is 4.98 Å². The monoisotopic (exact) mass is 324 g/mol. The van der Waals surface area contributed by atoms with Gasteiger partial charge < -0.3 is 5.73 Å². The van der Waals surface area contributed by atoms with Gasteiger partial charge in [0.1, 0.15) is 0 Å². The van der Waals surface area contributed by atoms with Gasteiger partial charge in [0.05, 0.1) is 31.2 Å². The van der Waals surface area contributed by atoms with Gasteiger partial charge in [-0.1, -0.05) is 29.3 Å². The largest absolute Gasteiger partial charge is 0.382 e. The van der Waals surface area contributed by atoms with Crippen LogP contribution >= 0.6 is 34.5 Å². The molecule has 3 aromatic rings. The second-order valence-electron chi connectivity index (χ2n) is 4.23. The molecular weight excluding hydrogens is 315 g/mol. The van der Waals surface area contributed by atoms with Crippen molar-refractivity contribution in [2.75, 3.05) is 5.73 Å². The van der Waals surface area contributed by atoms with E-state index >= 15 is 0 Å². The molecule has 102 valence electrons. The van der Waals surface area contributed by atoms with Crippen LogP contribution in [0.25, 0.3) is 21.7 Å². The fourth-order valence-electron chi connectivity index (χ4n) is 1.96. The molecule has 0 spiro atoms. The van der Waals surface area contributed by atoms with Crippen LogP contribution < -0.4 is 5.73 Å². The minimum atomic E-state index is 0.421. The maximum absolute atomic E-state index is 6.07. The topological polar surface area (TPSA) is 67.6 Å². The molecule has 0 amide bonds. The Morgan fingerprint density at radius 2 is 2.05 bits per heavy atom. The van der Waals surface area contributed by atoms with Crippen molar-refractivity contribution in [3.8, 4) is 21.7 Å². The summed E-state index contributed by atoms with van der Waals surface area (Å²) in [4.78, 5) is 5.23. The SMILES string of the molecule is Cc1ncc(-c2[nH]nc(N)c2-c2ccc(Cl)c(Cl)c2)s1. The molecule has 20 heavy (non-hydrogen) atoms. The van der Waals surface area contributed by atoms with Crippen molar-refractivity contribution >= 4 is 40.4 Å². The molecule has 3 rings (SSSR count). The molecular formula is C13H10Cl2N4S. The average molecular weight is 325 g/mol. The molecule has 7 heteroatoms. The highest BCUT2D eigenvalue weighted by Crippen LogP contribution is 2.38. The first-order valence-corrected chi connectivity index (χ1v) is 7.35. The molecule has 0 saturated heterocycles. The van der Waals surface area contributed by atoms with E-state index in [9.17, 15) is 0 Å². The highest BCUT2D eigenvalue weighted by Gasteiger charge is 2.17. The molecule has 0 unspecified atom stereocenters. The van der Waals surface area contributed by atoms with Crippen LogP contribution in [0.4, 0.5) is 5.82 Å². The number of nitrogen functional groups attached to an aromatic ring is 1. The zero-order valence-electron chi connectivity index (χ0n) is 10.4. The van der Waals surface area contributed by atoms with E-state index in [1.807, 2.05) is 13.0 Å². The summed E-state index contributed by atoms with van der Waals surface area (Å²) < 4.78 is 0. The van der Waals surface area contributed by atoms with Crippen LogP contribution in [0.1, 0.15) is 5.01 Å². The lowest BCUT2D eigenvalue weighted by atomic mass is 10.1. The maximum atomic E-state index is 6.07. The zero-order valence-corrected chi connectivity index (χ0v) is 12.8. The van der Waals surface area contributed by atoms with Crippen LogP contribution in [-0.4, -0.2) is 15.2 Å². The Balaban J connectivity index is 2.18. The summed E-state index contributed by atoms with van der Waals surface area (Å²) in [5.74, 6) is 0.421. The Kier molecular flexibility index (Phi) is 3.41. The molecule has 0 aliphatic heterocycles. The van der Waals surface area contributed by atoms with Crippen molar-refractivity contribution in [3.63, 3.8) is 0 Å². The summed E-state index contributed by atoms with van der Waals surface area (Å²) in [5.41, 5.74) is 8.49. The predicted octanol–water partition coefficient (Wildman–Crippen LogP) is 4.40. The van der Waals surface area contributed by atoms with E-state index in [0.717, 1.165) is 26.7 Å².